The van der Waals surface area contributed by atoms with Crippen LogP contribution in [0.2, 0.25) is 0 Å². The number of benzene rings is 1. The quantitative estimate of drug-likeness (QED) is 0.880. The Labute approximate surface area is 116 Å². The van der Waals surface area contributed by atoms with E-state index in [4.69, 9.17) is 0 Å². The molecule has 0 aliphatic carbocycles. The molecule has 0 radical (unpaired) electrons. The molecule has 0 unspecified atom stereocenters. The lowest BCUT2D eigenvalue weighted by molar-refractivity contribution is 0.180. The Morgan fingerprint density at radius 2 is 2.20 bits per heavy atom. The summed E-state index contributed by atoms with van der Waals surface area (Å²) in [5.74, 6) is -1.22. The standard InChI is InChI=1S/C13H17F2N5/c14-12-4-3-11(6-13(12)15)20-18-9-17-19(20)8-10-2-1-5-16-7-10/h3-4,6,9-10,16H,1-2,5,7-8H2,(H,17,18)/t10-/m0/s1. The lowest BCUT2D eigenvalue weighted by Crippen LogP contribution is -2.48. The van der Waals surface area contributed by atoms with Crippen LogP contribution in [0.5, 0.6) is 0 Å². The molecule has 20 heavy (non-hydrogen) atoms. The molecule has 1 aromatic rings. The highest BCUT2D eigenvalue weighted by atomic mass is 19.2. The highest BCUT2D eigenvalue weighted by Gasteiger charge is 2.24. The maximum absolute atomic E-state index is 13.3. The van der Waals surface area contributed by atoms with Gasteiger partial charge in [-0.15, -0.1) is 10.2 Å². The summed E-state index contributed by atoms with van der Waals surface area (Å²) in [7, 11) is 0. The number of halogens is 2. The van der Waals surface area contributed by atoms with Crippen molar-refractivity contribution in [3.05, 3.63) is 29.8 Å². The molecule has 1 fully saturated rings. The van der Waals surface area contributed by atoms with Crippen molar-refractivity contribution in [2.75, 3.05) is 24.8 Å². The van der Waals surface area contributed by atoms with Crippen molar-refractivity contribution in [3.63, 3.8) is 0 Å². The highest BCUT2D eigenvalue weighted by Crippen LogP contribution is 2.22. The number of anilines is 1. The summed E-state index contributed by atoms with van der Waals surface area (Å²) in [5, 5.41) is 10.9. The van der Waals surface area contributed by atoms with Gasteiger partial charge in [0.25, 0.3) is 0 Å². The maximum atomic E-state index is 13.3. The van der Waals surface area contributed by atoms with Gasteiger partial charge in [0.2, 0.25) is 0 Å². The van der Waals surface area contributed by atoms with Crippen LogP contribution < -0.4 is 15.9 Å². The van der Waals surface area contributed by atoms with Crippen LogP contribution in [0, 0.1) is 17.6 Å². The normalized spacial score (nSPS) is 23.1. The van der Waals surface area contributed by atoms with E-state index in [2.05, 4.69) is 15.8 Å². The third-order valence-electron chi connectivity index (χ3n) is 3.57. The van der Waals surface area contributed by atoms with Gasteiger partial charge in [-0.05, 0) is 44.0 Å². The zero-order valence-electron chi connectivity index (χ0n) is 11.0. The van der Waals surface area contributed by atoms with Crippen LogP contribution in [-0.2, 0) is 0 Å². The van der Waals surface area contributed by atoms with E-state index in [0.717, 1.165) is 44.6 Å². The molecule has 7 heteroatoms. The number of hydrogen-bond donors (Lipinski definition) is 2. The number of piperidine rings is 1. The molecule has 3 rings (SSSR count). The second-order valence-electron chi connectivity index (χ2n) is 5.06. The zero-order chi connectivity index (χ0) is 13.9. The van der Waals surface area contributed by atoms with Gasteiger partial charge in [0.1, 0.15) is 6.34 Å². The van der Waals surface area contributed by atoms with Crippen LogP contribution in [0.4, 0.5) is 14.5 Å². The fourth-order valence-corrected chi connectivity index (χ4v) is 2.53. The minimum Gasteiger partial charge on any atom is -0.316 e. The van der Waals surface area contributed by atoms with Crippen molar-refractivity contribution in [1.82, 2.24) is 15.9 Å². The number of rotatable bonds is 3. The molecule has 0 bridgehead atoms. The van der Waals surface area contributed by atoms with Gasteiger partial charge in [0.15, 0.2) is 11.6 Å². The topological polar surface area (TPSA) is 42.9 Å². The van der Waals surface area contributed by atoms with Crippen molar-refractivity contribution in [2.24, 2.45) is 11.0 Å². The maximum Gasteiger partial charge on any atom is 0.161 e. The van der Waals surface area contributed by atoms with E-state index in [1.54, 1.807) is 5.12 Å². The van der Waals surface area contributed by atoms with E-state index in [0.29, 0.717) is 11.6 Å². The molecule has 1 aromatic carbocycles. The minimum absolute atomic E-state index is 0.494. The first-order chi connectivity index (χ1) is 9.74. The van der Waals surface area contributed by atoms with E-state index in [9.17, 15) is 8.78 Å². The fraction of sp³-hybridized carbons (Fsp3) is 0.462. The Balaban J connectivity index is 1.70. The van der Waals surface area contributed by atoms with Crippen molar-refractivity contribution in [1.29, 1.82) is 0 Å². The molecule has 5 nitrogen and oxygen atoms in total. The van der Waals surface area contributed by atoms with Crippen molar-refractivity contribution >= 4 is 12.0 Å². The van der Waals surface area contributed by atoms with Gasteiger partial charge in [0.05, 0.1) is 5.69 Å². The summed E-state index contributed by atoms with van der Waals surface area (Å²) >= 11 is 0. The van der Waals surface area contributed by atoms with Crippen LogP contribution in [0.3, 0.4) is 0 Å². The van der Waals surface area contributed by atoms with Crippen molar-refractivity contribution in [3.8, 4) is 0 Å². The Bertz CT molecular complexity index is 502. The number of hydrazine groups is 2. The largest absolute Gasteiger partial charge is 0.316 e. The number of nitrogens with zero attached hydrogens (tertiary/aromatic N) is 3. The number of hydrazone groups is 1. The fourth-order valence-electron chi connectivity index (χ4n) is 2.53. The summed E-state index contributed by atoms with van der Waals surface area (Å²) in [6.07, 6.45) is 3.85. The molecule has 1 atom stereocenters. The molecule has 2 aliphatic rings. The Morgan fingerprint density at radius 3 is 2.95 bits per heavy atom. The predicted octanol–water partition coefficient (Wildman–Crippen LogP) is 1.45. The molecule has 0 amide bonds. The SMILES string of the molecule is Fc1ccc(N2N=CNN2C[C@H]2CCCNC2)cc1F. The Kier molecular flexibility index (Phi) is 3.79. The molecule has 2 N–H and O–H groups in total. The average molecular weight is 281 g/mol. The molecule has 0 spiro atoms. The van der Waals surface area contributed by atoms with E-state index in [1.807, 2.05) is 5.12 Å². The minimum atomic E-state index is -0.871. The Hall–Kier alpha value is -1.73. The molecular weight excluding hydrogens is 264 g/mol. The third-order valence-corrected chi connectivity index (χ3v) is 3.57. The molecule has 0 saturated carbocycles. The highest BCUT2D eigenvalue weighted by molar-refractivity contribution is 5.60. The Morgan fingerprint density at radius 1 is 1.30 bits per heavy atom. The average Bonchev–Trinajstić information content (AvgIpc) is 2.91. The smallest absolute Gasteiger partial charge is 0.161 e. The van der Waals surface area contributed by atoms with Gasteiger partial charge in [-0.2, -0.15) is 5.12 Å². The predicted molar refractivity (Wildman–Crippen MR) is 72.8 cm³/mol. The van der Waals surface area contributed by atoms with Crippen LogP contribution in [0.1, 0.15) is 12.8 Å². The van der Waals surface area contributed by atoms with Crippen LogP contribution >= 0.6 is 0 Å². The van der Waals surface area contributed by atoms with E-state index >= 15 is 0 Å². The van der Waals surface area contributed by atoms with Crippen molar-refractivity contribution in [2.45, 2.75) is 12.8 Å². The van der Waals surface area contributed by atoms with E-state index in [1.165, 1.54) is 12.4 Å². The van der Waals surface area contributed by atoms with Gasteiger partial charge in [0, 0.05) is 12.6 Å². The molecular formula is C13H17F2N5. The van der Waals surface area contributed by atoms with Gasteiger partial charge in [-0.1, -0.05) is 0 Å². The number of hydrogen-bond acceptors (Lipinski definition) is 5. The van der Waals surface area contributed by atoms with Gasteiger partial charge >= 0.3 is 0 Å². The lowest BCUT2D eigenvalue weighted by Gasteiger charge is -2.31. The zero-order valence-corrected chi connectivity index (χ0v) is 11.0. The van der Waals surface area contributed by atoms with Gasteiger partial charge < -0.3 is 5.32 Å². The molecule has 2 heterocycles. The van der Waals surface area contributed by atoms with Gasteiger partial charge in [-0.25, -0.2) is 8.78 Å². The first kappa shape index (κ1) is 13.3. The first-order valence-electron chi connectivity index (χ1n) is 6.76. The summed E-state index contributed by atoms with van der Waals surface area (Å²) < 4.78 is 26.3. The second kappa shape index (κ2) is 5.72. The number of nitrogens with one attached hydrogen (secondary N) is 2. The second-order valence-corrected chi connectivity index (χ2v) is 5.06. The van der Waals surface area contributed by atoms with E-state index < -0.39 is 11.6 Å². The third kappa shape index (κ3) is 2.73. The van der Waals surface area contributed by atoms with Crippen LogP contribution in [-0.4, -0.2) is 31.1 Å². The van der Waals surface area contributed by atoms with E-state index in [-0.39, 0.29) is 0 Å². The molecule has 1 saturated heterocycles. The summed E-state index contributed by atoms with van der Waals surface area (Å²) in [6, 6.07) is 3.76. The van der Waals surface area contributed by atoms with Crippen LogP contribution in [0.15, 0.2) is 23.3 Å². The van der Waals surface area contributed by atoms with Crippen LogP contribution in [0.25, 0.3) is 0 Å². The summed E-state index contributed by atoms with van der Waals surface area (Å²) in [4.78, 5) is 0. The first-order valence-corrected chi connectivity index (χ1v) is 6.76. The summed E-state index contributed by atoms with van der Waals surface area (Å²) in [6.45, 7) is 2.78. The molecule has 2 aliphatic heterocycles. The summed E-state index contributed by atoms with van der Waals surface area (Å²) in [5.41, 5.74) is 3.50. The van der Waals surface area contributed by atoms with Crippen molar-refractivity contribution < 1.29 is 8.78 Å². The lowest BCUT2D eigenvalue weighted by atomic mass is 10.00. The monoisotopic (exact) mass is 281 g/mol. The van der Waals surface area contributed by atoms with Gasteiger partial charge in [-0.3, -0.25) is 5.43 Å². The molecule has 0 aromatic heterocycles. The molecule has 108 valence electrons.